The third kappa shape index (κ3) is 4.69. The Kier molecular flexibility index (Phi) is 6.75. The normalized spacial score (nSPS) is 29.4. The van der Waals surface area contributed by atoms with Gasteiger partial charge in [-0.2, -0.15) is 0 Å². The first kappa shape index (κ1) is 16.2. The lowest BCUT2D eigenvalue weighted by Gasteiger charge is -2.31. The van der Waals surface area contributed by atoms with E-state index in [0.29, 0.717) is 12.1 Å². The summed E-state index contributed by atoms with van der Waals surface area (Å²) in [6.07, 6.45) is 5.66. The SMILES string of the molecule is CCN1CCCC1CN(C)C(C)CNCC1CCCO1. The van der Waals surface area contributed by atoms with Gasteiger partial charge >= 0.3 is 0 Å². The van der Waals surface area contributed by atoms with Crippen molar-refractivity contribution in [2.75, 3.05) is 46.4 Å². The summed E-state index contributed by atoms with van der Waals surface area (Å²) < 4.78 is 5.65. The maximum Gasteiger partial charge on any atom is 0.0700 e. The zero-order valence-electron chi connectivity index (χ0n) is 13.6. The molecule has 0 spiro atoms. The summed E-state index contributed by atoms with van der Waals surface area (Å²) in [6, 6.07) is 1.36. The smallest absolute Gasteiger partial charge is 0.0700 e. The van der Waals surface area contributed by atoms with Gasteiger partial charge < -0.3 is 15.0 Å². The molecule has 118 valence electrons. The molecule has 4 nitrogen and oxygen atoms in total. The van der Waals surface area contributed by atoms with Crippen LogP contribution in [0, 0.1) is 0 Å². The number of likely N-dealkylation sites (N-methyl/N-ethyl adjacent to an activating group) is 2. The predicted octanol–water partition coefficient (Wildman–Crippen LogP) is 1.56. The second-order valence-electron chi connectivity index (χ2n) is 6.51. The fraction of sp³-hybridized carbons (Fsp3) is 1.00. The van der Waals surface area contributed by atoms with E-state index in [0.717, 1.165) is 25.7 Å². The molecular formula is C16H33N3O. The van der Waals surface area contributed by atoms with Gasteiger partial charge in [0.15, 0.2) is 0 Å². The molecule has 2 saturated heterocycles. The molecule has 0 aromatic heterocycles. The molecular weight excluding hydrogens is 250 g/mol. The van der Waals surface area contributed by atoms with Crippen LogP contribution in [0.1, 0.15) is 39.5 Å². The lowest BCUT2D eigenvalue weighted by Crippen LogP contribution is -2.46. The van der Waals surface area contributed by atoms with Crippen LogP contribution in [0.4, 0.5) is 0 Å². The van der Waals surface area contributed by atoms with Gasteiger partial charge in [-0.1, -0.05) is 6.92 Å². The number of hydrogen-bond donors (Lipinski definition) is 1. The standard InChI is InChI=1S/C16H33N3O/c1-4-19-9-5-7-15(19)13-18(3)14(2)11-17-12-16-8-6-10-20-16/h14-17H,4-13H2,1-3H3. The van der Waals surface area contributed by atoms with Gasteiger partial charge in [0.05, 0.1) is 6.10 Å². The highest BCUT2D eigenvalue weighted by Crippen LogP contribution is 2.18. The van der Waals surface area contributed by atoms with Crippen LogP contribution in [0.3, 0.4) is 0 Å². The Bertz CT molecular complexity index is 268. The second-order valence-corrected chi connectivity index (χ2v) is 6.51. The van der Waals surface area contributed by atoms with Gasteiger partial charge in [0.2, 0.25) is 0 Å². The molecule has 0 amide bonds. The van der Waals surface area contributed by atoms with Gasteiger partial charge in [0.1, 0.15) is 0 Å². The molecule has 0 bridgehead atoms. The van der Waals surface area contributed by atoms with Crippen molar-refractivity contribution < 1.29 is 4.74 Å². The second kappa shape index (κ2) is 8.32. The van der Waals surface area contributed by atoms with E-state index in [4.69, 9.17) is 4.74 Å². The monoisotopic (exact) mass is 283 g/mol. The van der Waals surface area contributed by atoms with Crippen LogP contribution in [0.25, 0.3) is 0 Å². The van der Waals surface area contributed by atoms with Crippen LogP contribution in [0.15, 0.2) is 0 Å². The molecule has 2 heterocycles. The third-order valence-corrected chi connectivity index (χ3v) is 4.99. The summed E-state index contributed by atoms with van der Waals surface area (Å²) in [6.45, 7) is 11.3. The van der Waals surface area contributed by atoms with Crippen LogP contribution < -0.4 is 5.32 Å². The number of nitrogens with one attached hydrogen (secondary N) is 1. The first-order chi connectivity index (χ1) is 9.70. The molecule has 0 aromatic carbocycles. The highest BCUT2D eigenvalue weighted by molar-refractivity contribution is 4.82. The summed E-state index contributed by atoms with van der Waals surface area (Å²) >= 11 is 0. The number of rotatable bonds is 8. The molecule has 2 aliphatic rings. The van der Waals surface area contributed by atoms with E-state index in [1.807, 2.05) is 0 Å². The Balaban J connectivity index is 1.62. The number of likely N-dealkylation sites (tertiary alicyclic amines) is 1. The Labute approximate surface area is 124 Å². The van der Waals surface area contributed by atoms with Crippen LogP contribution in [0.5, 0.6) is 0 Å². The van der Waals surface area contributed by atoms with Gasteiger partial charge in [-0.3, -0.25) is 4.90 Å². The van der Waals surface area contributed by atoms with Gasteiger partial charge in [-0.25, -0.2) is 0 Å². The lowest BCUT2D eigenvalue weighted by molar-refractivity contribution is 0.106. The van der Waals surface area contributed by atoms with Crippen molar-refractivity contribution >= 4 is 0 Å². The van der Waals surface area contributed by atoms with Crippen molar-refractivity contribution in [3.63, 3.8) is 0 Å². The molecule has 0 radical (unpaired) electrons. The maximum atomic E-state index is 5.65. The summed E-state index contributed by atoms with van der Waals surface area (Å²) in [5.41, 5.74) is 0. The maximum absolute atomic E-state index is 5.65. The van der Waals surface area contributed by atoms with Crippen LogP contribution in [0.2, 0.25) is 0 Å². The summed E-state index contributed by atoms with van der Waals surface area (Å²) in [4.78, 5) is 5.14. The third-order valence-electron chi connectivity index (χ3n) is 4.99. The zero-order chi connectivity index (χ0) is 14.4. The number of hydrogen-bond acceptors (Lipinski definition) is 4. The quantitative estimate of drug-likeness (QED) is 0.732. The molecule has 0 aliphatic carbocycles. The Morgan fingerprint density at radius 2 is 2.20 bits per heavy atom. The first-order valence-electron chi connectivity index (χ1n) is 8.47. The van der Waals surface area contributed by atoms with Crippen molar-refractivity contribution in [3.8, 4) is 0 Å². The largest absolute Gasteiger partial charge is 0.377 e. The van der Waals surface area contributed by atoms with Gasteiger partial charge in [0.25, 0.3) is 0 Å². The van der Waals surface area contributed by atoms with E-state index in [9.17, 15) is 0 Å². The fourth-order valence-electron chi connectivity index (χ4n) is 3.44. The molecule has 2 rings (SSSR count). The lowest BCUT2D eigenvalue weighted by atomic mass is 10.2. The minimum Gasteiger partial charge on any atom is -0.377 e. The topological polar surface area (TPSA) is 27.7 Å². The van der Waals surface area contributed by atoms with Gasteiger partial charge in [-0.05, 0) is 52.7 Å². The minimum absolute atomic E-state index is 0.456. The number of nitrogens with zero attached hydrogens (tertiary/aromatic N) is 2. The van der Waals surface area contributed by atoms with E-state index >= 15 is 0 Å². The zero-order valence-corrected chi connectivity index (χ0v) is 13.6. The van der Waals surface area contributed by atoms with Crippen molar-refractivity contribution in [1.29, 1.82) is 0 Å². The predicted molar refractivity (Wildman–Crippen MR) is 84.2 cm³/mol. The van der Waals surface area contributed by atoms with E-state index in [2.05, 4.69) is 36.0 Å². The molecule has 2 aliphatic heterocycles. The van der Waals surface area contributed by atoms with Crippen LogP contribution in [-0.2, 0) is 4.74 Å². The van der Waals surface area contributed by atoms with Crippen molar-refractivity contribution in [2.24, 2.45) is 0 Å². The summed E-state index contributed by atoms with van der Waals surface area (Å²) in [5.74, 6) is 0. The van der Waals surface area contributed by atoms with E-state index in [1.165, 1.54) is 45.3 Å². The van der Waals surface area contributed by atoms with Crippen molar-refractivity contribution in [3.05, 3.63) is 0 Å². The Morgan fingerprint density at radius 1 is 1.35 bits per heavy atom. The summed E-state index contributed by atoms with van der Waals surface area (Å²) in [7, 11) is 2.27. The molecule has 0 saturated carbocycles. The molecule has 0 aromatic rings. The highest BCUT2D eigenvalue weighted by Gasteiger charge is 2.25. The van der Waals surface area contributed by atoms with Crippen LogP contribution in [-0.4, -0.2) is 74.4 Å². The summed E-state index contributed by atoms with van der Waals surface area (Å²) in [5, 5.41) is 3.58. The van der Waals surface area contributed by atoms with Crippen LogP contribution >= 0.6 is 0 Å². The first-order valence-corrected chi connectivity index (χ1v) is 8.47. The van der Waals surface area contributed by atoms with Gasteiger partial charge in [-0.15, -0.1) is 0 Å². The molecule has 1 N–H and O–H groups in total. The fourth-order valence-corrected chi connectivity index (χ4v) is 3.44. The van der Waals surface area contributed by atoms with E-state index < -0.39 is 0 Å². The molecule has 3 atom stereocenters. The van der Waals surface area contributed by atoms with Crippen molar-refractivity contribution in [2.45, 2.75) is 57.7 Å². The average Bonchev–Trinajstić information content (AvgIpc) is 3.09. The van der Waals surface area contributed by atoms with E-state index in [-0.39, 0.29) is 0 Å². The Hall–Kier alpha value is -0.160. The molecule has 2 fully saturated rings. The Morgan fingerprint density at radius 3 is 2.90 bits per heavy atom. The average molecular weight is 283 g/mol. The van der Waals surface area contributed by atoms with Gasteiger partial charge in [0, 0.05) is 38.3 Å². The molecule has 20 heavy (non-hydrogen) atoms. The minimum atomic E-state index is 0.456. The molecule has 4 heteroatoms. The highest BCUT2D eigenvalue weighted by atomic mass is 16.5. The van der Waals surface area contributed by atoms with Crippen molar-refractivity contribution in [1.82, 2.24) is 15.1 Å². The molecule has 3 unspecified atom stereocenters. The van der Waals surface area contributed by atoms with E-state index in [1.54, 1.807) is 0 Å². The number of ether oxygens (including phenoxy) is 1.